The predicted molar refractivity (Wildman–Crippen MR) is 117 cm³/mol. The number of nitrogens with zero attached hydrogens (tertiary/aromatic N) is 5. The van der Waals surface area contributed by atoms with Crippen LogP contribution in [0.2, 0.25) is 5.02 Å². The van der Waals surface area contributed by atoms with Gasteiger partial charge >= 0.3 is 0 Å². The number of benzene rings is 2. The van der Waals surface area contributed by atoms with Gasteiger partial charge in [0, 0.05) is 11.6 Å². The molecule has 1 amide bonds. The lowest BCUT2D eigenvalue weighted by atomic mass is 10.1. The maximum atomic E-state index is 12.6. The van der Waals surface area contributed by atoms with Gasteiger partial charge in [0.25, 0.3) is 0 Å². The van der Waals surface area contributed by atoms with E-state index in [-0.39, 0.29) is 25.1 Å². The Morgan fingerprint density at radius 2 is 1.84 bits per heavy atom. The molecule has 1 aliphatic rings. The summed E-state index contributed by atoms with van der Waals surface area (Å²) in [4.78, 5) is 15.1. The third-order valence-electron chi connectivity index (χ3n) is 5.34. The van der Waals surface area contributed by atoms with Crippen molar-refractivity contribution in [1.29, 1.82) is 0 Å². The van der Waals surface area contributed by atoms with Gasteiger partial charge in [0.15, 0.2) is 5.82 Å². The second kappa shape index (κ2) is 10.4. The molecule has 2 aromatic carbocycles. The van der Waals surface area contributed by atoms with Gasteiger partial charge in [-0.1, -0.05) is 41.9 Å². The van der Waals surface area contributed by atoms with Crippen LogP contribution < -0.4 is 10.1 Å². The van der Waals surface area contributed by atoms with Crippen LogP contribution in [0.4, 0.5) is 0 Å². The van der Waals surface area contributed by atoms with Gasteiger partial charge in [-0.2, -0.15) is 0 Å². The van der Waals surface area contributed by atoms with Crippen LogP contribution in [0.5, 0.6) is 5.75 Å². The van der Waals surface area contributed by atoms with Crippen molar-refractivity contribution in [3.63, 3.8) is 0 Å². The van der Waals surface area contributed by atoms with Crippen molar-refractivity contribution in [2.45, 2.75) is 32.0 Å². The molecule has 1 aliphatic heterocycles. The smallest absolute Gasteiger partial charge is 0.241 e. The van der Waals surface area contributed by atoms with E-state index >= 15 is 0 Å². The summed E-state index contributed by atoms with van der Waals surface area (Å²) in [6.45, 7) is 2.83. The van der Waals surface area contributed by atoms with Crippen molar-refractivity contribution in [1.82, 2.24) is 30.4 Å². The number of ether oxygens (including phenoxy) is 1. The Kier molecular flexibility index (Phi) is 7.11. The maximum absolute atomic E-state index is 12.6. The summed E-state index contributed by atoms with van der Waals surface area (Å²) in [5.74, 6) is 0.990. The van der Waals surface area contributed by atoms with Gasteiger partial charge in [0.1, 0.15) is 18.9 Å². The molecular weight excluding hydrogens is 416 g/mol. The molecular formula is C22H25ClN6O2. The number of carbonyl (C=O) groups excluding carboxylic acids is 1. The molecule has 9 heteroatoms. The van der Waals surface area contributed by atoms with E-state index in [1.54, 1.807) is 24.3 Å². The number of nitrogens with one attached hydrogen (secondary N) is 1. The summed E-state index contributed by atoms with van der Waals surface area (Å²) < 4.78 is 7.15. The molecule has 3 aromatic rings. The lowest BCUT2D eigenvalue weighted by molar-refractivity contribution is -0.122. The Balaban J connectivity index is 1.33. The standard InChI is InChI=1S/C22H25ClN6O2/c23-18-8-10-19(11-9-18)31-16-21-25-26-27-29(21)15-22(30)24-14-20(28-12-4-5-13-28)17-6-2-1-3-7-17/h1-3,6-11,20H,4-5,12-16H2,(H,24,30). The third kappa shape index (κ3) is 5.80. The molecule has 0 radical (unpaired) electrons. The van der Waals surface area contributed by atoms with E-state index in [4.69, 9.17) is 16.3 Å². The van der Waals surface area contributed by atoms with Crippen molar-refractivity contribution in [2.75, 3.05) is 19.6 Å². The molecule has 1 atom stereocenters. The minimum Gasteiger partial charge on any atom is -0.486 e. The molecule has 0 bridgehead atoms. The molecule has 2 heterocycles. The zero-order chi connectivity index (χ0) is 21.5. The van der Waals surface area contributed by atoms with Crippen LogP contribution in [-0.2, 0) is 17.9 Å². The first-order chi connectivity index (χ1) is 15.2. The number of carbonyl (C=O) groups is 1. The molecule has 1 N–H and O–H groups in total. The van der Waals surface area contributed by atoms with Crippen molar-refractivity contribution in [3.8, 4) is 5.75 Å². The van der Waals surface area contributed by atoms with E-state index in [1.165, 1.54) is 23.1 Å². The van der Waals surface area contributed by atoms with Crippen molar-refractivity contribution in [3.05, 3.63) is 71.0 Å². The zero-order valence-electron chi connectivity index (χ0n) is 17.2. The number of hydrogen-bond acceptors (Lipinski definition) is 6. The molecule has 0 saturated carbocycles. The SMILES string of the molecule is O=C(Cn1nnnc1COc1ccc(Cl)cc1)NCC(c1ccccc1)N1CCCC1. The highest BCUT2D eigenvalue weighted by Crippen LogP contribution is 2.24. The molecule has 1 unspecified atom stereocenters. The fourth-order valence-electron chi connectivity index (χ4n) is 3.72. The van der Waals surface area contributed by atoms with E-state index in [0.29, 0.717) is 23.1 Å². The molecule has 31 heavy (non-hydrogen) atoms. The van der Waals surface area contributed by atoms with E-state index in [2.05, 4.69) is 37.9 Å². The Labute approximate surface area is 186 Å². The van der Waals surface area contributed by atoms with E-state index < -0.39 is 0 Å². The number of tetrazole rings is 1. The lowest BCUT2D eigenvalue weighted by Gasteiger charge is -2.28. The predicted octanol–water partition coefficient (Wildman–Crippen LogP) is 2.86. The number of hydrogen-bond donors (Lipinski definition) is 1. The molecule has 8 nitrogen and oxygen atoms in total. The Hall–Kier alpha value is -2.97. The number of rotatable bonds is 9. The summed E-state index contributed by atoms with van der Waals surface area (Å²) in [7, 11) is 0. The highest BCUT2D eigenvalue weighted by molar-refractivity contribution is 6.30. The topological polar surface area (TPSA) is 85.2 Å². The molecule has 0 aliphatic carbocycles. The van der Waals surface area contributed by atoms with Gasteiger partial charge < -0.3 is 10.1 Å². The normalized spacial score (nSPS) is 15.0. The fourth-order valence-corrected chi connectivity index (χ4v) is 3.84. The second-order valence-electron chi connectivity index (χ2n) is 7.47. The maximum Gasteiger partial charge on any atom is 0.241 e. The van der Waals surface area contributed by atoms with Gasteiger partial charge in [-0.15, -0.1) is 5.10 Å². The minimum absolute atomic E-state index is 0.0355. The van der Waals surface area contributed by atoms with Gasteiger partial charge in [-0.3, -0.25) is 9.69 Å². The molecule has 0 spiro atoms. The Morgan fingerprint density at radius 3 is 2.58 bits per heavy atom. The average Bonchev–Trinajstić information content (AvgIpc) is 3.47. The number of likely N-dealkylation sites (tertiary alicyclic amines) is 1. The van der Waals surface area contributed by atoms with Gasteiger partial charge in [-0.05, 0) is 66.2 Å². The first-order valence-electron chi connectivity index (χ1n) is 10.4. The summed E-state index contributed by atoms with van der Waals surface area (Å²) in [5, 5.41) is 15.3. The molecule has 1 fully saturated rings. The summed E-state index contributed by atoms with van der Waals surface area (Å²) in [6.07, 6.45) is 2.39. The highest BCUT2D eigenvalue weighted by atomic mass is 35.5. The van der Waals surface area contributed by atoms with E-state index in [9.17, 15) is 4.79 Å². The molecule has 1 saturated heterocycles. The Morgan fingerprint density at radius 1 is 1.10 bits per heavy atom. The average molecular weight is 441 g/mol. The quantitative estimate of drug-likeness (QED) is 0.550. The van der Waals surface area contributed by atoms with Gasteiger partial charge in [0.05, 0.1) is 6.04 Å². The first-order valence-corrected chi connectivity index (χ1v) is 10.8. The largest absolute Gasteiger partial charge is 0.486 e. The van der Waals surface area contributed by atoms with Crippen LogP contribution in [0.15, 0.2) is 54.6 Å². The van der Waals surface area contributed by atoms with Crippen LogP contribution in [0.3, 0.4) is 0 Å². The third-order valence-corrected chi connectivity index (χ3v) is 5.59. The first kappa shape index (κ1) is 21.3. The van der Waals surface area contributed by atoms with Crippen LogP contribution in [0.1, 0.15) is 30.3 Å². The van der Waals surface area contributed by atoms with Crippen molar-refractivity contribution < 1.29 is 9.53 Å². The fraction of sp³-hybridized carbons (Fsp3) is 0.364. The lowest BCUT2D eigenvalue weighted by Crippen LogP contribution is -2.38. The van der Waals surface area contributed by atoms with Gasteiger partial charge in [-0.25, -0.2) is 4.68 Å². The van der Waals surface area contributed by atoms with Crippen molar-refractivity contribution in [2.24, 2.45) is 0 Å². The molecule has 4 rings (SSSR count). The van der Waals surface area contributed by atoms with Crippen LogP contribution in [0, 0.1) is 0 Å². The van der Waals surface area contributed by atoms with Gasteiger partial charge in [0.2, 0.25) is 5.91 Å². The van der Waals surface area contributed by atoms with Crippen LogP contribution in [-0.4, -0.2) is 50.6 Å². The summed E-state index contributed by atoms with van der Waals surface area (Å²) >= 11 is 5.89. The second-order valence-corrected chi connectivity index (χ2v) is 7.91. The summed E-state index contributed by atoms with van der Waals surface area (Å²) in [5.41, 5.74) is 1.21. The molecule has 162 valence electrons. The van der Waals surface area contributed by atoms with E-state index in [1.807, 2.05) is 18.2 Å². The number of aromatic nitrogens is 4. The minimum atomic E-state index is -0.139. The Bertz CT molecular complexity index is 973. The zero-order valence-corrected chi connectivity index (χ0v) is 17.9. The monoisotopic (exact) mass is 440 g/mol. The summed E-state index contributed by atoms with van der Waals surface area (Å²) in [6, 6.07) is 17.5. The highest BCUT2D eigenvalue weighted by Gasteiger charge is 2.24. The van der Waals surface area contributed by atoms with E-state index in [0.717, 1.165) is 13.1 Å². The van der Waals surface area contributed by atoms with Crippen LogP contribution >= 0.6 is 11.6 Å². The number of halogens is 1. The van der Waals surface area contributed by atoms with Crippen LogP contribution in [0.25, 0.3) is 0 Å². The number of amides is 1. The van der Waals surface area contributed by atoms with Crippen molar-refractivity contribution >= 4 is 17.5 Å². The molecule has 1 aromatic heterocycles.